The highest BCUT2D eigenvalue weighted by Crippen LogP contribution is 2.35. The molecule has 0 radical (unpaired) electrons. The maximum Gasteiger partial charge on any atom is 0.260 e. The van der Waals surface area contributed by atoms with Crippen LogP contribution in [0, 0.1) is 0 Å². The summed E-state index contributed by atoms with van der Waals surface area (Å²) >= 11 is 10.3. The fraction of sp³-hybridized carbons (Fsp3) is 0.0870. The maximum atomic E-state index is 5.15. The monoisotopic (exact) mass is 433 g/mol. The summed E-state index contributed by atoms with van der Waals surface area (Å²) in [5.74, 6) is 0. The zero-order chi connectivity index (χ0) is 21.1. The summed E-state index contributed by atoms with van der Waals surface area (Å²) in [4.78, 5) is 4.99. The summed E-state index contributed by atoms with van der Waals surface area (Å²) in [5.41, 5.74) is 4.44. The standard InChI is InChI=1S/C23H19N3O2S2/c1-27-22(29)24-15-8-10-17-18-11-9-16(25-23(30)28-2)13-20(18)26-21(19(17)12-15)14-6-4-3-5-7-14/h3-13H,1-2H3,(H,24,29)(H,25,30). The molecule has 0 spiro atoms. The number of benzene rings is 3. The number of hydrogen-bond acceptors (Lipinski definition) is 5. The van der Waals surface area contributed by atoms with E-state index in [-0.39, 0.29) is 0 Å². The highest BCUT2D eigenvalue weighted by atomic mass is 32.1. The van der Waals surface area contributed by atoms with E-state index in [9.17, 15) is 0 Å². The Labute approximate surface area is 185 Å². The number of rotatable bonds is 3. The Balaban J connectivity index is 1.94. The minimum absolute atomic E-state index is 0.309. The number of nitrogens with one attached hydrogen (secondary N) is 2. The second kappa shape index (κ2) is 8.61. The quantitative estimate of drug-likeness (QED) is 0.315. The van der Waals surface area contributed by atoms with Crippen LogP contribution in [-0.4, -0.2) is 29.6 Å². The molecule has 0 amide bonds. The summed E-state index contributed by atoms with van der Waals surface area (Å²) < 4.78 is 10.1. The molecule has 0 saturated heterocycles. The molecule has 0 saturated carbocycles. The van der Waals surface area contributed by atoms with Gasteiger partial charge in [-0.25, -0.2) is 4.98 Å². The molecular formula is C23H19N3O2S2. The third-order valence-corrected chi connectivity index (χ3v) is 5.24. The molecule has 0 bridgehead atoms. The van der Waals surface area contributed by atoms with Crippen LogP contribution in [-0.2, 0) is 9.47 Å². The Morgan fingerprint density at radius 1 is 0.733 bits per heavy atom. The van der Waals surface area contributed by atoms with E-state index in [1.807, 2.05) is 48.5 Å². The van der Waals surface area contributed by atoms with Crippen LogP contribution in [0.3, 0.4) is 0 Å². The average Bonchev–Trinajstić information content (AvgIpc) is 2.78. The van der Waals surface area contributed by atoms with Gasteiger partial charge in [0, 0.05) is 27.7 Å². The van der Waals surface area contributed by atoms with Crippen molar-refractivity contribution in [3.63, 3.8) is 0 Å². The fourth-order valence-electron chi connectivity index (χ4n) is 3.32. The Morgan fingerprint density at radius 2 is 1.33 bits per heavy atom. The molecule has 3 aromatic carbocycles. The van der Waals surface area contributed by atoms with Crippen LogP contribution in [0.5, 0.6) is 0 Å². The van der Waals surface area contributed by atoms with Gasteiger partial charge in [0.15, 0.2) is 0 Å². The second-order valence-electron chi connectivity index (χ2n) is 6.55. The molecule has 5 nitrogen and oxygen atoms in total. The highest BCUT2D eigenvalue weighted by Gasteiger charge is 2.12. The number of aromatic nitrogens is 1. The molecule has 2 N–H and O–H groups in total. The third kappa shape index (κ3) is 4.03. The summed E-state index contributed by atoms with van der Waals surface area (Å²) in [6.07, 6.45) is 0. The van der Waals surface area contributed by atoms with Crippen LogP contribution in [0.15, 0.2) is 66.7 Å². The number of nitrogens with zero attached hydrogens (tertiary/aromatic N) is 1. The van der Waals surface area contributed by atoms with Gasteiger partial charge in [0.2, 0.25) is 0 Å². The van der Waals surface area contributed by atoms with Crippen molar-refractivity contribution in [3.05, 3.63) is 66.7 Å². The molecule has 4 rings (SSSR count). The van der Waals surface area contributed by atoms with Crippen molar-refractivity contribution in [3.8, 4) is 11.3 Å². The lowest BCUT2D eigenvalue weighted by Gasteiger charge is -2.14. The average molecular weight is 434 g/mol. The van der Waals surface area contributed by atoms with Crippen LogP contribution in [0.2, 0.25) is 0 Å². The van der Waals surface area contributed by atoms with Gasteiger partial charge in [0.25, 0.3) is 10.3 Å². The van der Waals surface area contributed by atoms with Crippen LogP contribution >= 0.6 is 24.4 Å². The number of hydrogen-bond donors (Lipinski definition) is 2. The summed E-state index contributed by atoms with van der Waals surface area (Å²) in [5, 5.41) is 9.92. The van der Waals surface area contributed by atoms with Crippen LogP contribution in [0.1, 0.15) is 0 Å². The first-order valence-electron chi connectivity index (χ1n) is 9.22. The molecule has 0 fully saturated rings. The van der Waals surface area contributed by atoms with Crippen LogP contribution in [0.25, 0.3) is 32.9 Å². The zero-order valence-electron chi connectivity index (χ0n) is 16.4. The van der Waals surface area contributed by atoms with Crippen molar-refractivity contribution in [1.82, 2.24) is 4.98 Å². The molecule has 150 valence electrons. The van der Waals surface area contributed by atoms with Gasteiger partial charge in [-0.1, -0.05) is 42.5 Å². The molecule has 0 aliphatic rings. The molecule has 1 heterocycles. The SMILES string of the molecule is COC(=S)Nc1ccc2c(c1)nc(-c1ccccc1)c1cc(NC(=S)OC)ccc12. The van der Waals surface area contributed by atoms with E-state index in [0.29, 0.717) is 10.3 Å². The van der Waals surface area contributed by atoms with Crippen molar-refractivity contribution in [1.29, 1.82) is 0 Å². The highest BCUT2D eigenvalue weighted by molar-refractivity contribution is 7.80. The number of fused-ring (bicyclic) bond motifs is 3. The lowest BCUT2D eigenvalue weighted by Crippen LogP contribution is -2.10. The summed E-state index contributed by atoms with van der Waals surface area (Å²) in [6.45, 7) is 0. The van der Waals surface area contributed by atoms with E-state index in [1.54, 1.807) is 7.11 Å². The van der Waals surface area contributed by atoms with E-state index < -0.39 is 0 Å². The molecule has 4 aromatic rings. The number of anilines is 2. The van der Waals surface area contributed by atoms with Gasteiger partial charge in [0.1, 0.15) is 0 Å². The Hall–Kier alpha value is -3.29. The zero-order valence-corrected chi connectivity index (χ0v) is 18.1. The van der Waals surface area contributed by atoms with Gasteiger partial charge < -0.3 is 20.1 Å². The predicted molar refractivity (Wildman–Crippen MR) is 131 cm³/mol. The first-order chi connectivity index (χ1) is 14.6. The molecule has 0 atom stereocenters. The van der Waals surface area contributed by atoms with E-state index in [4.69, 9.17) is 38.9 Å². The van der Waals surface area contributed by atoms with Crippen molar-refractivity contribution in [2.45, 2.75) is 0 Å². The second-order valence-corrected chi connectivity index (χ2v) is 7.29. The molecule has 0 aliphatic carbocycles. The normalized spacial score (nSPS) is 10.6. The third-order valence-electron chi connectivity index (χ3n) is 4.71. The fourth-order valence-corrected chi connectivity index (χ4v) is 3.55. The first-order valence-corrected chi connectivity index (χ1v) is 10.0. The molecule has 0 unspecified atom stereocenters. The van der Waals surface area contributed by atoms with Gasteiger partial charge in [-0.15, -0.1) is 0 Å². The van der Waals surface area contributed by atoms with Crippen molar-refractivity contribution >= 4 is 67.8 Å². The number of thiocarbonyl (C=S) groups is 2. The van der Waals surface area contributed by atoms with Gasteiger partial charge >= 0.3 is 0 Å². The Morgan fingerprint density at radius 3 is 1.97 bits per heavy atom. The van der Waals surface area contributed by atoms with Gasteiger partial charge in [-0.2, -0.15) is 0 Å². The van der Waals surface area contributed by atoms with E-state index in [2.05, 4.69) is 28.8 Å². The van der Waals surface area contributed by atoms with E-state index >= 15 is 0 Å². The smallest absolute Gasteiger partial charge is 0.260 e. The minimum atomic E-state index is 0.309. The van der Waals surface area contributed by atoms with E-state index in [0.717, 1.165) is 44.3 Å². The number of pyridine rings is 1. The summed E-state index contributed by atoms with van der Waals surface area (Å²) in [7, 11) is 3.08. The molecule has 7 heteroatoms. The van der Waals surface area contributed by atoms with Gasteiger partial charge in [-0.3, -0.25) is 0 Å². The van der Waals surface area contributed by atoms with Crippen molar-refractivity contribution in [2.24, 2.45) is 0 Å². The van der Waals surface area contributed by atoms with Crippen molar-refractivity contribution in [2.75, 3.05) is 24.9 Å². The Kier molecular flexibility index (Phi) is 5.74. The van der Waals surface area contributed by atoms with E-state index in [1.165, 1.54) is 7.11 Å². The molecular weight excluding hydrogens is 414 g/mol. The van der Waals surface area contributed by atoms with Crippen molar-refractivity contribution < 1.29 is 9.47 Å². The molecule has 30 heavy (non-hydrogen) atoms. The first kappa shape index (κ1) is 20.0. The number of ether oxygens (including phenoxy) is 2. The maximum absolute atomic E-state index is 5.15. The predicted octanol–water partition coefficient (Wildman–Crippen LogP) is 5.74. The van der Waals surface area contributed by atoms with Crippen LogP contribution < -0.4 is 10.6 Å². The lowest BCUT2D eigenvalue weighted by molar-refractivity contribution is 0.413. The topological polar surface area (TPSA) is 55.4 Å². The molecule has 1 aromatic heterocycles. The largest absolute Gasteiger partial charge is 0.474 e. The summed E-state index contributed by atoms with van der Waals surface area (Å²) in [6, 6.07) is 22.2. The lowest BCUT2D eigenvalue weighted by atomic mass is 9.99. The van der Waals surface area contributed by atoms with Gasteiger partial charge in [0.05, 0.1) is 25.4 Å². The molecule has 0 aliphatic heterocycles. The van der Waals surface area contributed by atoms with Gasteiger partial charge in [-0.05, 0) is 54.1 Å². The minimum Gasteiger partial charge on any atom is -0.474 e. The van der Waals surface area contributed by atoms with Crippen LogP contribution in [0.4, 0.5) is 11.4 Å². The Bertz CT molecular complexity index is 1260. The number of methoxy groups -OCH3 is 2.